The zero-order valence-electron chi connectivity index (χ0n) is 20.9. The first-order valence-electron chi connectivity index (χ1n) is 13.1. The van der Waals surface area contributed by atoms with Crippen molar-refractivity contribution in [2.75, 3.05) is 11.5 Å². The summed E-state index contributed by atoms with van der Waals surface area (Å²) < 4.78 is 0. The summed E-state index contributed by atoms with van der Waals surface area (Å²) in [6.45, 7) is 4.68. The minimum absolute atomic E-state index is 0.0609. The minimum atomic E-state index is -0.989. The average Bonchev–Trinajstić information content (AvgIpc) is 3.30. The van der Waals surface area contributed by atoms with Crippen molar-refractivity contribution in [3.05, 3.63) is 21.9 Å². The normalized spacial score (nSPS) is 28.4. The highest BCUT2D eigenvalue weighted by Gasteiger charge is 2.37. The lowest BCUT2D eigenvalue weighted by atomic mass is 9.81. The van der Waals surface area contributed by atoms with Crippen LogP contribution in [0.1, 0.15) is 99.0 Å². The maximum absolute atomic E-state index is 13.9. The highest BCUT2D eigenvalue weighted by Crippen LogP contribution is 2.42. The molecule has 7 nitrogen and oxygen atoms in total. The van der Waals surface area contributed by atoms with Crippen molar-refractivity contribution in [3.8, 4) is 0 Å². The Labute approximate surface area is 211 Å². The van der Waals surface area contributed by atoms with Gasteiger partial charge in [0.15, 0.2) is 0 Å². The van der Waals surface area contributed by atoms with Crippen LogP contribution >= 0.6 is 11.3 Å². The number of allylic oxidation sites excluding steroid dienone is 2. The summed E-state index contributed by atoms with van der Waals surface area (Å²) in [5.41, 5.74) is 2.64. The fourth-order valence-electron chi connectivity index (χ4n) is 5.57. The Kier molecular flexibility index (Phi) is 8.65. The minimum Gasteiger partial charge on any atom is -0.477 e. The first kappa shape index (κ1) is 25.9. The maximum Gasteiger partial charge on any atom is 0.348 e. The second-order valence-corrected chi connectivity index (χ2v) is 11.3. The van der Waals surface area contributed by atoms with E-state index in [9.17, 15) is 19.8 Å². The van der Waals surface area contributed by atoms with Crippen LogP contribution in [-0.4, -0.2) is 46.6 Å². The lowest BCUT2D eigenvalue weighted by Crippen LogP contribution is -2.47. The van der Waals surface area contributed by atoms with Gasteiger partial charge in [-0.1, -0.05) is 18.2 Å². The van der Waals surface area contributed by atoms with Gasteiger partial charge in [-0.05, 0) is 88.7 Å². The molecule has 0 spiro atoms. The lowest BCUT2D eigenvalue weighted by molar-refractivity contribution is -0.124. The molecule has 2 N–H and O–H groups in total. The summed E-state index contributed by atoms with van der Waals surface area (Å²) >= 11 is 1.27. The highest BCUT2D eigenvalue weighted by atomic mass is 32.1. The fourth-order valence-corrected chi connectivity index (χ4v) is 6.63. The maximum atomic E-state index is 13.9. The van der Waals surface area contributed by atoms with E-state index in [0.29, 0.717) is 50.3 Å². The molecule has 2 saturated carbocycles. The molecule has 1 aromatic rings. The second-order valence-electron chi connectivity index (χ2n) is 10.3. The van der Waals surface area contributed by atoms with Crippen LogP contribution in [0.3, 0.4) is 0 Å². The number of rotatable bonds is 7. The Morgan fingerprint density at radius 2 is 1.83 bits per heavy atom. The van der Waals surface area contributed by atoms with Crippen molar-refractivity contribution in [2.24, 2.45) is 17.0 Å². The molecule has 0 bridgehead atoms. The molecule has 1 aromatic heterocycles. The molecular weight excluding hydrogens is 464 g/mol. The lowest BCUT2D eigenvalue weighted by Gasteiger charge is -2.38. The molecule has 0 aliphatic heterocycles. The first-order chi connectivity index (χ1) is 16.9. The Morgan fingerprint density at radius 3 is 2.43 bits per heavy atom. The van der Waals surface area contributed by atoms with E-state index in [0.717, 1.165) is 54.7 Å². The molecule has 1 amide bonds. The number of anilines is 1. The van der Waals surface area contributed by atoms with E-state index in [1.54, 1.807) is 0 Å². The molecule has 0 unspecified atom stereocenters. The van der Waals surface area contributed by atoms with Crippen LogP contribution < -0.4 is 4.90 Å². The number of nitrogens with zero attached hydrogens (tertiary/aromatic N) is 2. The van der Waals surface area contributed by atoms with Gasteiger partial charge in [-0.3, -0.25) is 4.79 Å². The molecule has 192 valence electrons. The van der Waals surface area contributed by atoms with Crippen LogP contribution in [0.25, 0.3) is 5.57 Å². The average molecular weight is 503 g/mol. The topological polar surface area (TPSA) is 99.4 Å². The summed E-state index contributed by atoms with van der Waals surface area (Å²) in [5, 5.41) is 24.3. The van der Waals surface area contributed by atoms with Crippen molar-refractivity contribution in [1.82, 2.24) is 0 Å². The van der Waals surface area contributed by atoms with Gasteiger partial charge in [0.1, 0.15) is 11.5 Å². The molecule has 0 radical (unpaired) electrons. The van der Waals surface area contributed by atoms with E-state index in [2.05, 4.69) is 18.2 Å². The third-order valence-electron chi connectivity index (χ3n) is 7.71. The second kappa shape index (κ2) is 11.7. The summed E-state index contributed by atoms with van der Waals surface area (Å²) in [4.78, 5) is 34.4. The van der Waals surface area contributed by atoms with Gasteiger partial charge in [0, 0.05) is 23.3 Å². The van der Waals surface area contributed by atoms with E-state index in [1.807, 2.05) is 17.9 Å². The van der Waals surface area contributed by atoms with Crippen molar-refractivity contribution < 1.29 is 24.6 Å². The van der Waals surface area contributed by atoms with Crippen molar-refractivity contribution in [1.29, 1.82) is 0 Å². The predicted octanol–water partition coefficient (Wildman–Crippen LogP) is 5.87. The molecular formula is C27H38N2O5S. The van der Waals surface area contributed by atoms with E-state index in [4.69, 9.17) is 4.84 Å². The SMILES string of the molecule is CCON=C1CC=C(c2cc(N(C(=O)C3CCC(C)CC3)C3CCC(O)CC3)c(C(=O)O)s2)CC1. The Bertz CT molecular complexity index is 968. The molecule has 2 fully saturated rings. The number of oxime groups is 1. The number of carboxylic acids is 1. The van der Waals surface area contributed by atoms with Gasteiger partial charge in [0.2, 0.25) is 5.91 Å². The van der Waals surface area contributed by atoms with Crippen LogP contribution in [0.5, 0.6) is 0 Å². The summed E-state index contributed by atoms with van der Waals surface area (Å²) in [6.07, 6.45) is 10.5. The van der Waals surface area contributed by atoms with Crippen LogP contribution in [0, 0.1) is 11.8 Å². The number of hydrogen-bond acceptors (Lipinski definition) is 6. The van der Waals surface area contributed by atoms with E-state index >= 15 is 0 Å². The number of carboxylic acid groups (broad SMARTS) is 1. The van der Waals surface area contributed by atoms with Crippen LogP contribution in [0.2, 0.25) is 0 Å². The number of thiophene rings is 1. The molecule has 8 heteroatoms. The van der Waals surface area contributed by atoms with E-state index < -0.39 is 5.97 Å². The summed E-state index contributed by atoms with van der Waals surface area (Å²) in [7, 11) is 0. The number of aliphatic hydroxyl groups is 1. The van der Waals surface area contributed by atoms with Crippen LogP contribution in [-0.2, 0) is 9.63 Å². The van der Waals surface area contributed by atoms with Gasteiger partial charge < -0.3 is 20.0 Å². The van der Waals surface area contributed by atoms with Gasteiger partial charge in [-0.25, -0.2) is 4.79 Å². The van der Waals surface area contributed by atoms with Gasteiger partial charge in [0.05, 0.1) is 17.5 Å². The molecule has 35 heavy (non-hydrogen) atoms. The standard InChI is InChI=1S/C27H38N2O5S/c1-3-34-28-20-10-8-18(9-11-20)24-16-23(25(35-24)27(32)33)29(21-12-14-22(30)15-13-21)26(31)19-6-4-17(2)5-7-19/h8,16-17,19,21-22,30H,3-7,9-15H2,1-2H3,(H,32,33). The molecule has 0 atom stereocenters. The Hall–Kier alpha value is -2.19. The van der Waals surface area contributed by atoms with Crippen molar-refractivity contribution in [3.63, 3.8) is 0 Å². The monoisotopic (exact) mass is 502 g/mol. The molecule has 4 rings (SSSR count). The highest BCUT2D eigenvalue weighted by molar-refractivity contribution is 7.15. The quantitative estimate of drug-likeness (QED) is 0.454. The van der Waals surface area contributed by atoms with Crippen molar-refractivity contribution >= 4 is 40.2 Å². The number of carbonyl (C=O) groups is 2. The van der Waals surface area contributed by atoms with E-state index in [1.165, 1.54) is 11.3 Å². The van der Waals surface area contributed by atoms with E-state index in [-0.39, 0.29) is 28.8 Å². The molecule has 3 aliphatic carbocycles. The first-order valence-corrected chi connectivity index (χ1v) is 13.9. The van der Waals surface area contributed by atoms with Gasteiger partial charge in [0.25, 0.3) is 0 Å². The third kappa shape index (κ3) is 6.15. The number of aromatic carboxylic acids is 1. The van der Waals surface area contributed by atoms with Crippen molar-refractivity contribution in [2.45, 2.75) is 96.6 Å². The summed E-state index contributed by atoms with van der Waals surface area (Å²) in [6, 6.07) is 1.86. The fraction of sp³-hybridized carbons (Fsp3) is 0.667. The number of amides is 1. The predicted molar refractivity (Wildman–Crippen MR) is 139 cm³/mol. The number of hydrogen-bond donors (Lipinski definition) is 2. The van der Waals surface area contributed by atoms with Gasteiger partial charge in [-0.2, -0.15) is 0 Å². The number of carbonyl (C=O) groups excluding carboxylic acids is 1. The largest absolute Gasteiger partial charge is 0.477 e. The molecule has 3 aliphatic rings. The molecule has 0 aromatic carbocycles. The summed E-state index contributed by atoms with van der Waals surface area (Å²) in [5.74, 6) is -0.352. The van der Waals surface area contributed by atoms with Crippen LogP contribution in [0.15, 0.2) is 17.3 Å². The molecule has 1 heterocycles. The van der Waals surface area contributed by atoms with Gasteiger partial charge in [-0.15, -0.1) is 11.3 Å². The smallest absolute Gasteiger partial charge is 0.348 e. The Morgan fingerprint density at radius 1 is 1.11 bits per heavy atom. The Balaban J connectivity index is 1.66. The number of aliphatic hydroxyl groups excluding tert-OH is 1. The zero-order chi connectivity index (χ0) is 24.9. The third-order valence-corrected chi connectivity index (χ3v) is 8.89. The molecule has 0 saturated heterocycles. The zero-order valence-corrected chi connectivity index (χ0v) is 21.7. The van der Waals surface area contributed by atoms with Crippen LogP contribution in [0.4, 0.5) is 5.69 Å². The van der Waals surface area contributed by atoms with Gasteiger partial charge >= 0.3 is 5.97 Å².